The Bertz CT molecular complexity index is 1550. The smallest absolute Gasteiger partial charge is 0.275 e. The summed E-state index contributed by atoms with van der Waals surface area (Å²) in [7, 11) is 0. The molecule has 2 aliphatic rings. The van der Waals surface area contributed by atoms with Crippen molar-refractivity contribution in [3.63, 3.8) is 0 Å². The maximum Gasteiger partial charge on any atom is 0.275 e. The van der Waals surface area contributed by atoms with Gasteiger partial charge in [-0.25, -0.2) is 9.67 Å². The first-order valence-electron chi connectivity index (χ1n) is 11.7. The van der Waals surface area contributed by atoms with Crippen LogP contribution in [0, 0.1) is 11.8 Å². The highest BCUT2D eigenvalue weighted by Gasteiger charge is 2.36. The van der Waals surface area contributed by atoms with Crippen molar-refractivity contribution in [3.8, 4) is 17.7 Å². The number of nitrogens with two attached hydrogens (primary N) is 1. The molecule has 10 nitrogen and oxygen atoms in total. The molecule has 10 heteroatoms. The van der Waals surface area contributed by atoms with Crippen molar-refractivity contribution in [1.29, 1.82) is 0 Å². The highest BCUT2D eigenvalue weighted by Crippen LogP contribution is 2.34. The van der Waals surface area contributed by atoms with Crippen LogP contribution in [0.2, 0.25) is 0 Å². The molecular formula is C26H23N7O3. The Balaban J connectivity index is 1.44. The van der Waals surface area contributed by atoms with E-state index in [0.29, 0.717) is 66.4 Å². The van der Waals surface area contributed by atoms with Gasteiger partial charge in [0.05, 0.1) is 24.4 Å². The molecule has 0 saturated carbocycles. The number of hydrogen-bond acceptors (Lipinski definition) is 8. The SMILES string of the molecule is Nc1nccc(-n2nc(C(=O)N3CCOCC3)c3ccc(C#C[C@@]4(O)CCc5cccnc54)cc32)n1. The Labute approximate surface area is 206 Å². The number of fused-ring (bicyclic) bond motifs is 2. The largest absolute Gasteiger partial charge is 0.378 e. The number of nitrogen functional groups attached to an aromatic ring is 1. The molecule has 3 N–H and O–H groups in total. The van der Waals surface area contributed by atoms with Gasteiger partial charge in [0.1, 0.15) is 0 Å². The summed E-state index contributed by atoms with van der Waals surface area (Å²) in [5.74, 6) is 6.49. The van der Waals surface area contributed by atoms with Gasteiger partial charge in [-0.15, -0.1) is 0 Å². The van der Waals surface area contributed by atoms with Crippen LogP contribution in [0.4, 0.5) is 5.95 Å². The molecular weight excluding hydrogens is 458 g/mol. The van der Waals surface area contributed by atoms with Gasteiger partial charge >= 0.3 is 0 Å². The van der Waals surface area contributed by atoms with E-state index in [2.05, 4.69) is 31.9 Å². The summed E-state index contributed by atoms with van der Waals surface area (Å²) in [6.45, 7) is 2.00. The number of pyridine rings is 1. The number of hydrogen-bond donors (Lipinski definition) is 2. The average molecular weight is 482 g/mol. The van der Waals surface area contributed by atoms with E-state index in [-0.39, 0.29) is 11.9 Å². The number of aryl methyl sites for hydroxylation is 1. The highest BCUT2D eigenvalue weighted by atomic mass is 16.5. The van der Waals surface area contributed by atoms with Crippen LogP contribution in [0.25, 0.3) is 16.7 Å². The fourth-order valence-corrected chi connectivity index (χ4v) is 4.67. The molecule has 1 aliphatic heterocycles. The fraction of sp³-hybridized carbons (Fsp3) is 0.269. The van der Waals surface area contributed by atoms with Crippen LogP contribution in [-0.2, 0) is 16.8 Å². The summed E-state index contributed by atoms with van der Waals surface area (Å²) in [6, 6.07) is 11.0. The minimum Gasteiger partial charge on any atom is -0.378 e. The second kappa shape index (κ2) is 8.71. The van der Waals surface area contributed by atoms with Crippen molar-refractivity contribution < 1.29 is 14.6 Å². The number of morpholine rings is 1. The predicted molar refractivity (Wildman–Crippen MR) is 131 cm³/mol. The van der Waals surface area contributed by atoms with Crippen molar-refractivity contribution in [3.05, 3.63) is 71.3 Å². The Morgan fingerprint density at radius 1 is 1.14 bits per heavy atom. The molecule has 0 bridgehead atoms. The van der Waals surface area contributed by atoms with E-state index in [0.717, 1.165) is 12.0 Å². The first-order chi connectivity index (χ1) is 17.5. The van der Waals surface area contributed by atoms with Crippen LogP contribution < -0.4 is 5.73 Å². The number of benzene rings is 1. The Morgan fingerprint density at radius 2 is 2.00 bits per heavy atom. The second-order valence-electron chi connectivity index (χ2n) is 8.79. The van der Waals surface area contributed by atoms with E-state index in [1.54, 1.807) is 28.0 Å². The summed E-state index contributed by atoms with van der Waals surface area (Å²) >= 11 is 0. The van der Waals surface area contributed by atoms with Gasteiger partial charge in [-0.2, -0.15) is 10.1 Å². The summed E-state index contributed by atoms with van der Waals surface area (Å²) < 4.78 is 6.96. The van der Waals surface area contributed by atoms with Crippen LogP contribution >= 0.6 is 0 Å². The summed E-state index contributed by atoms with van der Waals surface area (Å²) in [5, 5.41) is 16.5. The number of rotatable bonds is 2. The number of nitrogens with zero attached hydrogens (tertiary/aromatic N) is 6. The number of carbonyl (C=O) groups excluding carboxylic acids is 1. The number of ether oxygens (including phenoxy) is 1. The van der Waals surface area contributed by atoms with Crippen molar-refractivity contribution >= 4 is 22.8 Å². The molecule has 4 heterocycles. The molecule has 1 aromatic carbocycles. The van der Waals surface area contributed by atoms with E-state index in [4.69, 9.17) is 10.5 Å². The van der Waals surface area contributed by atoms with Gasteiger partial charge in [-0.1, -0.05) is 17.9 Å². The summed E-state index contributed by atoms with van der Waals surface area (Å²) in [4.78, 5) is 27.7. The normalized spacial score (nSPS) is 19.1. The van der Waals surface area contributed by atoms with Crippen LogP contribution in [0.5, 0.6) is 0 Å². The number of aliphatic hydroxyl groups is 1. The lowest BCUT2D eigenvalue weighted by Crippen LogP contribution is -2.41. The molecule has 0 radical (unpaired) electrons. The zero-order valence-corrected chi connectivity index (χ0v) is 19.4. The molecule has 6 rings (SSSR count). The number of carbonyl (C=O) groups is 1. The molecule has 4 aromatic rings. The third kappa shape index (κ3) is 3.84. The molecule has 0 unspecified atom stereocenters. The maximum atomic E-state index is 13.3. The van der Waals surface area contributed by atoms with E-state index in [1.165, 1.54) is 0 Å². The first-order valence-corrected chi connectivity index (χ1v) is 11.7. The van der Waals surface area contributed by atoms with Crippen LogP contribution in [0.15, 0.2) is 48.8 Å². The van der Waals surface area contributed by atoms with E-state index >= 15 is 0 Å². The van der Waals surface area contributed by atoms with Crippen molar-refractivity contribution in [2.24, 2.45) is 0 Å². The van der Waals surface area contributed by atoms with E-state index in [1.807, 2.05) is 30.3 Å². The van der Waals surface area contributed by atoms with Gasteiger partial charge in [-0.05, 0) is 42.7 Å². The first kappa shape index (κ1) is 22.2. The third-order valence-corrected chi connectivity index (χ3v) is 6.51. The summed E-state index contributed by atoms with van der Waals surface area (Å²) in [5.41, 5.74) is 7.76. The molecule has 0 spiro atoms. The topological polar surface area (TPSA) is 132 Å². The number of anilines is 1. The standard InChI is InChI=1S/C26H23N7O3/c27-25-29-11-7-21(30-25)33-20-16-17(5-8-26(35)9-6-18-2-1-10-28-23(18)26)3-4-19(20)22(31-33)24(34)32-12-14-36-15-13-32/h1-4,7,10-11,16,35H,6,9,12-15H2,(H2,27,29,30)/t26-/m1/s1. The lowest BCUT2D eigenvalue weighted by atomic mass is 10.0. The molecule has 1 fully saturated rings. The van der Waals surface area contributed by atoms with E-state index in [9.17, 15) is 9.90 Å². The van der Waals surface area contributed by atoms with Gasteiger partial charge < -0.3 is 20.5 Å². The van der Waals surface area contributed by atoms with Gasteiger partial charge in [0.2, 0.25) is 5.95 Å². The molecule has 3 aromatic heterocycles. The van der Waals surface area contributed by atoms with Gasteiger partial charge in [0.15, 0.2) is 17.1 Å². The highest BCUT2D eigenvalue weighted by molar-refractivity contribution is 6.05. The summed E-state index contributed by atoms with van der Waals surface area (Å²) in [6.07, 6.45) is 4.42. The maximum absolute atomic E-state index is 13.3. The van der Waals surface area contributed by atoms with Crippen molar-refractivity contribution in [2.45, 2.75) is 18.4 Å². The Morgan fingerprint density at radius 3 is 2.83 bits per heavy atom. The Hall–Kier alpha value is -4.33. The molecule has 1 amide bonds. The molecule has 1 atom stereocenters. The van der Waals surface area contributed by atoms with Crippen LogP contribution in [-0.4, -0.2) is 66.9 Å². The third-order valence-electron chi connectivity index (χ3n) is 6.51. The Kier molecular flexibility index (Phi) is 5.36. The molecule has 1 aliphatic carbocycles. The monoisotopic (exact) mass is 481 g/mol. The average Bonchev–Trinajstić information content (AvgIpc) is 3.46. The number of amides is 1. The predicted octanol–water partition coefficient (Wildman–Crippen LogP) is 1.45. The molecule has 1 saturated heterocycles. The van der Waals surface area contributed by atoms with Crippen molar-refractivity contribution in [2.75, 3.05) is 32.0 Å². The minimum absolute atomic E-state index is 0.0998. The molecule has 180 valence electrons. The quantitative estimate of drug-likeness (QED) is 0.411. The zero-order chi connectivity index (χ0) is 24.7. The second-order valence-corrected chi connectivity index (χ2v) is 8.79. The van der Waals surface area contributed by atoms with E-state index < -0.39 is 5.60 Å². The number of aromatic nitrogens is 5. The lowest BCUT2D eigenvalue weighted by Gasteiger charge is -2.26. The molecule has 36 heavy (non-hydrogen) atoms. The van der Waals surface area contributed by atoms with Gasteiger partial charge in [-0.3, -0.25) is 9.78 Å². The minimum atomic E-state index is -1.30. The lowest BCUT2D eigenvalue weighted by molar-refractivity contribution is 0.0300. The van der Waals surface area contributed by atoms with Crippen molar-refractivity contribution in [1.82, 2.24) is 29.6 Å². The zero-order valence-electron chi connectivity index (χ0n) is 19.4. The van der Waals surface area contributed by atoms with Crippen LogP contribution in [0.1, 0.15) is 33.7 Å². The van der Waals surface area contributed by atoms with Gasteiger partial charge in [0.25, 0.3) is 5.91 Å². The van der Waals surface area contributed by atoms with Crippen LogP contribution in [0.3, 0.4) is 0 Å². The fourth-order valence-electron chi connectivity index (χ4n) is 4.67. The van der Waals surface area contributed by atoms with Gasteiger partial charge in [0, 0.05) is 42.5 Å².